The van der Waals surface area contributed by atoms with E-state index in [4.69, 9.17) is 27.9 Å². The Labute approximate surface area is 198 Å². The Morgan fingerprint density at radius 2 is 1.97 bits per heavy atom. The second-order valence-electron chi connectivity index (χ2n) is 6.34. The molecular formula is C20H14Cl2N4O4S2. The molecule has 3 rings (SSSR count). The van der Waals surface area contributed by atoms with Crippen molar-refractivity contribution in [3.8, 4) is 11.8 Å². The van der Waals surface area contributed by atoms with E-state index >= 15 is 0 Å². The van der Waals surface area contributed by atoms with E-state index in [2.05, 4.69) is 15.5 Å². The minimum atomic E-state index is -3.55. The number of ether oxygens (including phenoxy) is 1. The van der Waals surface area contributed by atoms with Gasteiger partial charge in [-0.05, 0) is 29.8 Å². The number of carbonyl (C=O) groups excluding carboxylic acids is 1. The van der Waals surface area contributed by atoms with E-state index in [-0.39, 0.29) is 26.7 Å². The van der Waals surface area contributed by atoms with Crippen molar-refractivity contribution < 1.29 is 17.9 Å². The molecule has 1 amide bonds. The molecule has 0 radical (unpaired) electrons. The summed E-state index contributed by atoms with van der Waals surface area (Å²) < 4.78 is 28.4. The first kappa shape index (κ1) is 23.7. The molecule has 0 saturated carbocycles. The van der Waals surface area contributed by atoms with Crippen molar-refractivity contribution in [3.05, 3.63) is 69.2 Å². The molecule has 0 aliphatic heterocycles. The van der Waals surface area contributed by atoms with Gasteiger partial charge in [-0.25, -0.2) is 8.42 Å². The number of sulfone groups is 1. The number of amides is 1. The van der Waals surface area contributed by atoms with Crippen LogP contribution >= 0.6 is 34.5 Å². The van der Waals surface area contributed by atoms with Gasteiger partial charge in [0.05, 0.1) is 5.02 Å². The van der Waals surface area contributed by atoms with E-state index in [1.807, 2.05) is 18.2 Å². The van der Waals surface area contributed by atoms with Crippen LogP contribution in [0, 0.1) is 11.3 Å². The number of benzene rings is 2. The fourth-order valence-corrected chi connectivity index (χ4v) is 4.32. The lowest BCUT2D eigenvalue weighted by Gasteiger charge is -2.10. The monoisotopic (exact) mass is 508 g/mol. The number of anilines is 1. The molecule has 0 fully saturated rings. The molecule has 0 saturated heterocycles. The van der Waals surface area contributed by atoms with Crippen molar-refractivity contribution >= 4 is 61.5 Å². The number of hydrogen-bond acceptors (Lipinski definition) is 8. The molecule has 32 heavy (non-hydrogen) atoms. The number of aromatic nitrogens is 2. The van der Waals surface area contributed by atoms with Crippen LogP contribution < -0.4 is 10.1 Å². The number of rotatable bonds is 7. The Morgan fingerprint density at radius 3 is 2.59 bits per heavy atom. The zero-order valence-corrected chi connectivity index (χ0v) is 19.5. The Kier molecular flexibility index (Phi) is 7.48. The summed E-state index contributed by atoms with van der Waals surface area (Å²) in [6.45, 7) is 0.220. The molecule has 12 heteroatoms. The largest absolute Gasteiger partial charge is 0.487 e. The highest BCUT2D eigenvalue weighted by Crippen LogP contribution is 2.28. The lowest BCUT2D eigenvalue weighted by atomic mass is 10.1. The van der Waals surface area contributed by atoms with Crippen molar-refractivity contribution in [3.63, 3.8) is 0 Å². The maximum Gasteiger partial charge on any atom is 0.268 e. The van der Waals surface area contributed by atoms with Crippen LogP contribution in [0.1, 0.15) is 11.1 Å². The SMILES string of the molecule is CS(=O)(=O)c1nnc(NC(=O)C(C#N)=Cc2ccc(OCc3ccccc3Cl)c(Cl)c2)s1. The molecule has 2 aromatic carbocycles. The lowest BCUT2D eigenvalue weighted by Crippen LogP contribution is -2.13. The van der Waals surface area contributed by atoms with Gasteiger partial charge in [0.2, 0.25) is 19.3 Å². The average Bonchev–Trinajstić information content (AvgIpc) is 3.21. The smallest absolute Gasteiger partial charge is 0.268 e. The first-order valence-corrected chi connectivity index (χ1v) is 12.3. The van der Waals surface area contributed by atoms with Gasteiger partial charge >= 0.3 is 0 Å². The number of nitrogens with zero attached hydrogens (tertiary/aromatic N) is 3. The zero-order chi connectivity index (χ0) is 23.3. The van der Waals surface area contributed by atoms with Gasteiger partial charge in [0.25, 0.3) is 5.91 Å². The van der Waals surface area contributed by atoms with E-state index in [1.165, 1.54) is 6.08 Å². The Hall–Kier alpha value is -2.97. The van der Waals surface area contributed by atoms with Gasteiger partial charge in [0.1, 0.15) is 24.0 Å². The molecule has 0 spiro atoms. The Balaban J connectivity index is 1.72. The van der Waals surface area contributed by atoms with E-state index in [9.17, 15) is 18.5 Å². The van der Waals surface area contributed by atoms with Crippen LogP contribution in [0.15, 0.2) is 52.4 Å². The molecule has 0 aliphatic carbocycles. The van der Waals surface area contributed by atoms with Crippen molar-refractivity contribution in [2.24, 2.45) is 0 Å². The van der Waals surface area contributed by atoms with Crippen LogP contribution in [0.3, 0.4) is 0 Å². The maximum absolute atomic E-state index is 12.4. The van der Waals surface area contributed by atoms with E-state index in [1.54, 1.807) is 30.3 Å². The van der Waals surface area contributed by atoms with Crippen LogP contribution in [-0.4, -0.2) is 30.8 Å². The molecule has 0 atom stereocenters. The predicted molar refractivity (Wildman–Crippen MR) is 122 cm³/mol. The maximum atomic E-state index is 12.4. The van der Waals surface area contributed by atoms with Gasteiger partial charge in [-0.15, -0.1) is 10.2 Å². The summed E-state index contributed by atoms with van der Waals surface area (Å²) in [4.78, 5) is 12.4. The van der Waals surface area contributed by atoms with Gasteiger partial charge < -0.3 is 4.74 Å². The highest BCUT2D eigenvalue weighted by molar-refractivity contribution is 7.92. The number of nitriles is 1. The summed E-state index contributed by atoms with van der Waals surface area (Å²) in [7, 11) is -3.55. The first-order chi connectivity index (χ1) is 15.2. The van der Waals surface area contributed by atoms with Gasteiger partial charge in [-0.2, -0.15) is 5.26 Å². The molecule has 164 valence electrons. The van der Waals surface area contributed by atoms with E-state index in [0.29, 0.717) is 27.7 Å². The number of halogens is 2. The highest BCUT2D eigenvalue weighted by atomic mass is 35.5. The van der Waals surface area contributed by atoms with Gasteiger partial charge in [-0.3, -0.25) is 10.1 Å². The quantitative estimate of drug-likeness (QED) is 0.285. The van der Waals surface area contributed by atoms with Crippen molar-refractivity contribution in [1.82, 2.24) is 10.2 Å². The number of hydrogen-bond donors (Lipinski definition) is 1. The molecule has 1 heterocycles. The fourth-order valence-electron chi connectivity index (χ4n) is 2.38. The second-order valence-corrected chi connectivity index (χ2v) is 10.3. The number of carbonyl (C=O) groups is 1. The molecule has 3 aromatic rings. The third kappa shape index (κ3) is 6.05. The third-order valence-corrected chi connectivity index (χ3v) is 7.09. The molecule has 0 unspecified atom stereocenters. The standard InChI is InChI=1S/C20H14Cl2N4O4S2/c1-32(28,29)20-26-25-19(31-20)24-18(27)14(10-23)8-12-6-7-17(16(22)9-12)30-11-13-4-2-3-5-15(13)21/h2-9H,11H2,1H3,(H,24,25,27). The molecular weight excluding hydrogens is 495 g/mol. The van der Waals surface area contributed by atoms with Gasteiger partial charge in [0.15, 0.2) is 0 Å². The van der Waals surface area contributed by atoms with E-state index in [0.717, 1.165) is 11.8 Å². The topological polar surface area (TPSA) is 122 Å². The summed E-state index contributed by atoms with van der Waals surface area (Å²) in [6.07, 6.45) is 2.31. The number of nitrogens with one attached hydrogen (secondary N) is 1. The minimum Gasteiger partial charge on any atom is -0.487 e. The molecule has 0 aliphatic rings. The fraction of sp³-hybridized carbons (Fsp3) is 0.100. The molecule has 1 N–H and O–H groups in total. The average molecular weight is 509 g/mol. The summed E-state index contributed by atoms with van der Waals surface area (Å²) in [5.41, 5.74) is 1.05. The van der Waals surface area contributed by atoms with Crippen LogP contribution in [-0.2, 0) is 21.2 Å². The van der Waals surface area contributed by atoms with Crippen LogP contribution in [0.2, 0.25) is 10.0 Å². The first-order valence-electron chi connectivity index (χ1n) is 8.80. The minimum absolute atomic E-state index is 0.0436. The van der Waals surface area contributed by atoms with Crippen molar-refractivity contribution in [1.29, 1.82) is 5.26 Å². The summed E-state index contributed by atoms with van der Waals surface area (Å²) in [5, 5.41) is 19.6. The van der Waals surface area contributed by atoms with Crippen LogP contribution in [0.5, 0.6) is 5.75 Å². The summed E-state index contributed by atoms with van der Waals surface area (Å²) >= 11 is 13.1. The highest BCUT2D eigenvalue weighted by Gasteiger charge is 2.17. The Bertz CT molecular complexity index is 1350. The summed E-state index contributed by atoms with van der Waals surface area (Å²) in [6, 6.07) is 13.8. The molecule has 0 bridgehead atoms. The second kappa shape index (κ2) is 10.1. The predicted octanol–water partition coefficient (Wildman–Crippen LogP) is 4.37. The lowest BCUT2D eigenvalue weighted by molar-refractivity contribution is -0.112. The zero-order valence-electron chi connectivity index (χ0n) is 16.4. The Morgan fingerprint density at radius 1 is 1.22 bits per heavy atom. The normalized spacial score (nSPS) is 11.6. The third-order valence-electron chi connectivity index (χ3n) is 3.92. The van der Waals surface area contributed by atoms with E-state index < -0.39 is 15.7 Å². The summed E-state index contributed by atoms with van der Waals surface area (Å²) in [5.74, 6) is -0.354. The molecule has 1 aromatic heterocycles. The molecule has 8 nitrogen and oxygen atoms in total. The van der Waals surface area contributed by atoms with Crippen LogP contribution in [0.4, 0.5) is 5.13 Å². The van der Waals surface area contributed by atoms with Crippen molar-refractivity contribution in [2.45, 2.75) is 10.9 Å². The van der Waals surface area contributed by atoms with Crippen molar-refractivity contribution in [2.75, 3.05) is 11.6 Å². The van der Waals surface area contributed by atoms with Gasteiger partial charge in [-0.1, -0.05) is 58.8 Å². The van der Waals surface area contributed by atoms with Crippen LogP contribution in [0.25, 0.3) is 6.08 Å². The van der Waals surface area contributed by atoms with Gasteiger partial charge in [0, 0.05) is 16.8 Å².